The van der Waals surface area contributed by atoms with E-state index >= 15 is 0 Å². The summed E-state index contributed by atoms with van der Waals surface area (Å²) in [6, 6.07) is 6.92. The molecule has 10 nitrogen and oxygen atoms in total. The summed E-state index contributed by atoms with van der Waals surface area (Å²) in [7, 11) is -1.42. The minimum absolute atomic E-state index is 0.456. The summed E-state index contributed by atoms with van der Waals surface area (Å²) < 4.78 is 26.9. The maximum atomic E-state index is 11.4. The van der Waals surface area contributed by atoms with E-state index in [1.807, 2.05) is 31.9 Å². The van der Waals surface area contributed by atoms with Crippen molar-refractivity contribution in [2.24, 2.45) is 10.2 Å². The molecule has 0 spiro atoms. The summed E-state index contributed by atoms with van der Waals surface area (Å²) in [6.07, 6.45) is 2.83. The van der Waals surface area contributed by atoms with Gasteiger partial charge >= 0.3 is 0 Å². The van der Waals surface area contributed by atoms with Crippen LogP contribution in [0.2, 0.25) is 0 Å². The first-order valence-corrected chi connectivity index (χ1v) is 11.1. The highest BCUT2D eigenvalue weighted by molar-refractivity contribution is 7.92. The number of nitrogens with one attached hydrogen (secondary N) is 1. The van der Waals surface area contributed by atoms with Gasteiger partial charge in [-0.1, -0.05) is 17.4 Å². The van der Waals surface area contributed by atoms with Gasteiger partial charge in [0.2, 0.25) is 15.2 Å². The third kappa shape index (κ3) is 4.89. The minimum Gasteiger partial charge on any atom is -0.350 e. The van der Waals surface area contributed by atoms with Crippen molar-refractivity contribution in [1.82, 2.24) is 20.0 Å². The van der Waals surface area contributed by atoms with Crippen LogP contribution in [0.1, 0.15) is 12.6 Å². The van der Waals surface area contributed by atoms with Crippen LogP contribution in [0.3, 0.4) is 0 Å². The van der Waals surface area contributed by atoms with Crippen molar-refractivity contribution in [1.29, 1.82) is 0 Å². The highest BCUT2D eigenvalue weighted by atomic mass is 32.2. The number of sulfonamides is 1. The van der Waals surface area contributed by atoms with Gasteiger partial charge in [0, 0.05) is 13.6 Å². The molecule has 1 N–H and O–H groups in total. The van der Waals surface area contributed by atoms with Crippen LogP contribution in [0.25, 0.3) is 5.69 Å². The van der Waals surface area contributed by atoms with E-state index in [-0.39, 0.29) is 0 Å². The SMILES string of the molecule is CCN(C)c1nnc(N=Nc2cn(-c3cccc(NS(C)(=O)=O)c3)nc2C)s1. The van der Waals surface area contributed by atoms with Gasteiger partial charge < -0.3 is 4.90 Å². The Hall–Kier alpha value is -2.86. The summed E-state index contributed by atoms with van der Waals surface area (Å²) in [5.74, 6) is 0. The number of nitrogens with zero attached hydrogens (tertiary/aromatic N) is 7. The van der Waals surface area contributed by atoms with Gasteiger partial charge in [0.05, 0.1) is 29.5 Å². The highest BCUT2D eigenvalue weighted by Gasteiger charge is 2.10. The Morgan fingerprint density at radius 1 is 1.29 bits per heavy atom. The van der Waals surface area contributed by atoms with Crippen molar-refractivity contribution in [2.45, 2.75) is 13.8 Å². The molecule has 0 saturated carbocycles. The topological polar surface area (TPSA) is 118 Å². The molecule has 2 heterocycles. The molecule has 0 unspecified atom stereocenters. The first kappa shape index (κ1) is 19.9. The number of hydrogen-bond acceptors (Lipinski definition) is 9. The van der Waals surface area contributed by atoms with Gasteiger partial charge in [0.1, 0.15) is 5.69 Å². The number of anilines is 2. The Morgan fingerprint density at radius 2 is 2.07 bits per heavy atom. The van der Waals surface area contributed by atoms with Crippen molar-refractivity contribution >= 4 is 43.0 Å². The lowest BCUT2D eigenvalue weighted by Crippen LogP contribution is -2.15. The van der Waals surface area contributed by atoms with Crippen LogP contribution in [0.15, 0.2) is 40.7 Å². The fourth-order valence-electron chi connectivity index (χ4n) is 2.24. The number of aromatic nitrogens is 4. The maximum Gasteiger partial charge on any atom is 0.253 e. The van der Waals surface area contributed by atoms with E-state index in [1.165, 1.54) is 11.3 Å². The molecule has 3 rings (SSSR count). The summed E-state index contributed by atoms with van der Waals surface area (Å²) in [5, 5.41) is 22.1. The average molecular weight is 421 g/mol. The molecule has 12 heteroatoms. The van der Waals surface area contributed by atoms with Crippen molar-refractivity contribution in [3.05, 3.63) is 36.2 Å². The van der Waals surface area contributed by atoms with Crippen LogP contribution >= 0.6 is 11.3 Å². The first-order chi connectivity index (χ1) is 13.2. The van der Waals surface area contributed by atoms with Crippen molar-refractivity contribution in [3.63, 3.8) is 0 Å². The Morgan fingerprint density at radius 3 is 2.79 bits per heavy atom. The monoisotopic (exact) mass is 420 g/mol. The van der Waals surface area contributed by atoms with E-state index in [0.29, 0.717) is 27.9 Å². The molecule has 0 aliphatic heterocycles. The molecular formula is C16H20N8O2S2. The zero-order valence-corrected chi connectivity index (χ0v) is 17.5. The quantitative estimate of drug-likeness (QED) is 0.586. The Kier molecular flexibility index (Phi) is 5.70. The first-order valence-electron chi connectivity index (χ1n) is 8.36. The van der Waals surface area contributed by atoms with Gasteiger partial charge in [-0.25, -0.2) is 13.1 Å². The molecular weight excluding hydrogens is 400 g/mol. The number of benzene rings is 1. The van der Waals surface area contributed by atoms with Crippen molar-refractivity contribution in [3.8, 4) is 5.69 Å². The number of aryl methyl sites for hydroxylation is 1. The van der Waals surface area contributed by atoms with Crippen LogP contribution in [-0.4, -0.2) is 48.2 Å². The average Bonchev–Trinajstić information content (AvgIpc) is 3.25. The predicted molar refractivity (Wildman–Crippen MR) is 110 cm³/mol. The zero-order chi connectivity index (χ0) is 20.3. The number of rotatable bonds is 7. The van der Waals surface area contributed by atoms with Gasteiger partial charge in [-0.3, -0.25) is 4.72 Å². The number of azo groups is 1. The summed E-state index contributed by atoms with van der Waals surface area (Å²) in [4.78, 5) is 1.97. The van der Waals surface area contributed by atoms with Crippen LogP contribution in [0.5, 0.6) is 0 Å². The van der Waals surface area contributed by atoms with Gasteiger partial charge in [0.25, 0.3) is 5.13 Å². The molecule has 0 aliphatic carbocycles. The lowest BCUT2D eigenvalue weighted by atomic mass is 10.3. The Balaban J connectivity index is 1.82. The van der Waals surface area contributed by atoms with Crippen LogP contribution in [0.4, 0.5) is 21.6 Å². The molecule has 3 aromatic rings. The second-order valence-electron chi connectivity index (χ2n) is 6.05. The zero-order valence-electron chi connectivity index (χ0n) is 15.9. The largest absolute Gasteiger partial charge is 0.350 e. The third-order valence-electron chi connectivity index (χ3n) is 3.73. The molecule has 1 aromatic carbocycles. The van der Waals surface area contributed by atoms with E-state index in [0.717, 1.165) is 17.9 Å². The maximum absolute atomic E-state index is 11.4. The summed E-state index contributed by atoms with van der Waals surface area (Å²) >= 11 is 1.35. The van der Waals surface area contributed by atoms with Gasteiger partial charge in [-0.05, 0) is 32.0 Å². The smallest absolute Gasteiger partial charge is 0.253 e. The molecule has 28 heavy (non-hydrogen) atoms. The molecule has 0 atom stereocenters. The van der Waals surface area contributed by atoms with Crippen molar-refractivity contribution in [2.75, 3.05) is 29.5 Å². The van der Waals surface area contributed by atoms with Gasteiger partial charge in [-0.15, -0.1) is 20.4 Å². The molecule has 0 radical (unpaired) electrons. The van der Waals surface area contributed by atoms with E-state index in [1.54, 1.807) is 29.1 Å². The fourth-order valence-corrected chi connectivity index (χ4v) is 3.49. The minimum atomic E-state index is -3.35. The number of hydrogen-bond donors (Lipinski definition) is 1. The lowest BCUT2D eigenvalue weighted by molar-refractivity contribution is 0.607. The Bertz CT molecular complexity index is 1100. The summed E-state index contributed by atoms with van der Waals surface area (Å²) in [6.45, 7) is 4.67. The molecule has 0 saturated heterocycles. The lowest BCUT2D eigenvalue weighted by Gasteiger charge is -2.09. The van der Waals surface area contributed by atoms with Crippen LogP contribution < -0.4 is 9.62 Å². The molecule has 2 aromatic heterocycles. The van der Waals surface area contributed by atoms with Crippen LogP contribution in [0, 0.1) is 6.92 Å². The molecule has 0 aliphatic rings. The van der Waals surface area contributed by atoms with Crippen LogP contribution in [-0.2, 0) is 10.0 Å². The van der Waals surface area contributed by atoms with E-state index < -0.39 is 10.0 Å². The highest BCUT2D eigenvalue weighted by Crippen LogP contribution is 2.28. The Labute approximate surface area is 167 Å². The second kappa shape index (κ2) is 8.02. The standard InChI is InChI=1S/C16H20N8O2S2/c1-5-23(3)16-20-19-15(27-16)18-17-14-10-24(21-11(14)2)13-8-6-7-12(9-13)22-28(4,25)26/h6-10,22H,5H2,1-4H3. The molecule has 148 valence electrons. The van der Waals surface area contributed by atoms with Gasteiger partial charge in [0.15, 0.2) is 0 Å². The third-order valence-corrected chi connectivity index (χ3v) is 5.26. The molecule has 0 bridgehead atoms. The summed E-state index contributed by atoms with van der Waals surface area (Å²) in [5.41, 5.74) is 2.42. The second-order valence-corrected chi connectivity index (χ2v) is 8.73. The normalized spacial score (nSPS) is 11.9. The van der Waals surface area contributed by atoms with E-state index in [4.69, 9.17) is 0 Å². The van der Waals surface area contributed by atoms with E-state index in [2.05, 4.69) is 30.2 Å². The van der Waals surface area contributed by atoms with Crippen molar-refractivity contribution < 1.29 is 8.42 Å². The molecule has 0 fully saturated rings. The predicted octanol–water partition coefficient (Wildman–Crippen LogP) is 3.28. The van der Waals surface area contributed by atoms with E-state index in [9.17, 15) is 8.42 Å². The fraction of sp³-hybridized carbons (Fsp3) is 0.312. The van der Waals surface area contributed by atoms with Gasteiger partial charge in [-0.2, -0.15) is 5.10 Å². The molecule has 0 amide bonds.